The maximum Gasteiger partial charge on any atom is 0.0462 e. The highest BCUT2D eigenvalue weighted by Crippen LogP contribution is 2.14. The van der Waals surface area contributed by atoms with Crippen LogP contribution in [-0.4, -0.2) is 23.4 Å². The van der Waals surface area contributed by atoms with Gasteiger partial charge < -0.3 is 10.2 Å². The predicted molar refractivity (Wildman–Crippen MR) is 46.3 cm³/mol. The Morgan fingerprint density at radius 2 is 2.00 bits per heavy atom. The van der Waals surface area contributed by atoms with Gasteiger partial charge in [-0.1, -0.05) is 13.0 Å². The normalized spacial score (nSPS) is 15.9. The van der Waals surface area contributed by atoms with E-state index in [2.05, 4.69) is 6.58 Å². The van der Waals surface area contributed by atoms with Gasteiger partial charge in [-0.25, -0.2) is 0 Å². The number of aliphatic hydroxyl groups excluding tert-OH is 2. The van der Waals surface area contributed by atoms with Gasteiger partial charge in [-0.05, 0) is 24.7 Å². The molecule has 0 saturated heterocycles. The van der Waals surface area contributed by atoms with Gasteiger partial charge in [0.15, 0.2) is 0 Å². The van der Waals surface area contributed by atoms with Crippen molar-refractivity contribution in [3.05, 3.63) is 12.7 Å². The summed E-state index contributed by atoms with van der Waals surface area (Å²) in [6.45, 7) is 5.98. The number of allylic oxidation sites excluding steroid dienone is 1. The molecule has 2 nitrogen and oxygen atoms in total. The molecule has 0 bridgehead atoms. The Morgan fingerprint density at radius 3 is 2.36 bits per heavy atom. The average molecular weight is 158 g/mol. The number of rotatable bonds is 6. The van der Waals surface area contributed by atoms with Crippen molar-refractivity contribution in [3.8, 4) is 0 Å². The van der Waals surface area contributed by atoms with Crippen LogP contribution in [0, 0.1) is 11.8 Å². The molecule has 0 spiro atoms. The summed E-state index contributed by atoms with van der Waals surface area (Å²) in [6, 6.07) is 0. The predicted octanol–water partition coefficient (Wildman–Crippen LogP) is 1.19. The van der Waals surface area contributed by atoms with E-state index in [1.165, 1.54) is 0 Å². The van der Waals surface area contributed by atoms with E-state index in [0.717, 1.165) is 12.8 Å². The highest BCUT2D eigenvalue weighted by Gasteiger charge is 2.09. The van der Waals surface area contributed by atoms with Gasteiger partial charge in [0.05, 0.1) is 0 Å². The minimum Gasteiger partial charge on any atom is -0.396 e. The zero-order valence-electron chi connectivity index (χ0n) is 7.16. The van der Waals surface area contributed by atoms with Gasteiger partial charge in [-0.15, -0.1) is 6.58 Å². The molecule has 0 heterocycles. The van der Waals surface area contributed by atoms with Crippen molar-refractivity contribution >= 4 is 0 Å². The van der Waals surface area contributed by atoms with Crippen LogP contribution in [0.1, 0.15) is 19.8 Å². The van der Waals surface area contributed by atoms with E-state index < -0.39 is 0 Å². The minimum absolute atomic E-state index is 0.191. The first-order valence-corrected chi connectivity index (χ1v) is 4.07. The first-order valence-electron chi connectivity index (χ1n) is 4.07. The monoisotopic (exact) mass is 158 g/mol. The molecule has 0 amide bonds. The van der Waals surface area contributed by atoms with Crippen molar-refractivity contribution in [3.63, 3.8) is 0 Å². The molecule has 0 saturated carbocycles. The second-order valence-electron chi connectivity index (χ2n) is 3.10. The van der Waals surface area contributed by atoms with Crippen molar-refractivity contribution in [2.24, 2.45) is 11.8 Å². The van der Waals surface area contributed by atoms with Crippen LogP contribution in [-0.2, 0) is 0 Å². The van der Waals surface area contributed by atoms with Crippen LogP contribution in [0.5, 0.6) is 0 Å². The lowest BCUT2D eigenvalue weighted by Crippen LogP contribution is -2.12. The zero-order chi connectivity index (χ0) is 8.69. The molecule has 0 aromatic rings. The quantitative estimate of drug-likeness (QED) is 0.570. The third-order valence-corrected chi connectivity index (χ3v) is 1.81. The molecular weight excluding hydrogens is 140 g/mol. The van der Waals surface area contributed by atoms with E-state index in [0.29, 0.717) is 0 Å². The van der Waals surface area contributed by atoms with Gasteiger partial charge in [0.25, 0.3) is 0 Å². The second kappa shape index (κ2) is 6.38. The first kappa shape index (κ1) is 10.7. The minimum atomic E-state index is 0.191. The molecule has 2 N–H and O–H groups in total. The largest absolute Gasteiger partial charge is 0.396 e. The third-order valence-electron chi connectivity index (χ3n) is 1.81. The van der Waals surface area contributed by atoms with Crippen molar-refractivity contribution in [2.45, 2.75) is 19.8 Å². The van der Waals surface area contributed by atoms with E-state index in [1.54, 1.807) is 0 Å². The van der Waals surface area contributed by atoms with E-state index in [1.807, 2.05) is 13.0 Å². The molecular formula is C9H18O2. The Hall–Kier alpha value is -0.340. The number of hydrogen-bond donors (Lipinski definition) is 2. The molecule has 11 heavy (non-hydrogen) atoms. The maximum atomic E-state index is 8.87. The summed E-state index contributed by atoms with van der Waals surface area (Å²) in [5.41, 5.74) is 0. The molecule has 0 aromatic carbocycles. The third kappa shape index (κ3) is 4.99. The fourth-order valence-electron chi connectivity index (χ4n) is 1.12. The average Bonchev–Trinajstić information content (AvgIpc) is 2.03. The van der Waals surface area contributed by atoms with E-state index in [4.69, 9.17) is 10.2 Å². The fraction of sp³-hybridized carbons (Fsp3) is 0.778. The van der Waals surface area contributed by atoms with Crippen LogP contribution in [0.3, 0.4) is 0 Å². The molecule has 0 rings (SSSR count). The second-order valence-corrected chi connectivity index (χ2v) is 3.10. The summed E-state index contributed by atoms with van der Waals surface area (Å²) in [5, 5.41) is 17.6. The molecule has 2 atom stereocenters. The van der Waals surface area contributed by atoms with Gasteiger partial charge in [0.1, 0.15) is 0 Å². The van der Waals surface area contributed by atoms with Crippen LogP contribution >= 0.6 is 0 Å². The van der Waals surface area contributed by atoms with Crippen LogP contribution < -0.4 is 0 Å². The molecule has 0 aliphatic rings. The van der Waals surface area contributed by atoms with Crippen LogP contribution in [0.15, 0.2) is 12.7 Å². The highest BCUT2D eigenvalue weighted by molar-refractivity contribution is 4.73. The Kier molecular flexibility index (Phi) is 6.18. The Bertz CT molecular complexity index is 102. The van der Waals surface area contributed by atoms with Gasteiger partial charge >= 0.3 is 0 Å². The summed E-state index contributed by atoms with van der Waals surface area (Å²) in [7, 11) is 0. The topological polar surface area (TPSA) is 40.5 Å². The summed E-state index contributed by atoms with van der Waals surface area (Å²) >= 11 is 0. The lowest BCUT2D eigenvalue weighted by molar-refractivity contribution is 0.169. The van der Waals surface area contributed by atoms with Gasteiger partial charge in [0.2, 0.25) is 0 Å². The Balaban J connectivity index is 3.57. The maximum absolute atomic E-state index is 8.87. The first-order chi connectivity index (χ1) is 5.24. The summed E-state index contributed by atoms with van der Waals surface area (Å²) in [4.78, 5) is 0. The summed E-state index contributed by atoms with van der Waals surface area (Å²) < 4.78 is 0. The van der Waals surface area contributed by atoms with Crippen LogP contribution in [0.2, 0.25) is 0 Å². The lowest BCUT2D eigenvalue weighted by atomic mass is 9.94. The van der Waals surface area contributed by atoms with Gasteiger partial charge in [-0.2, -0.15) is 0 Å². The van der Waals surface area contributed by atoms with Gasteiger partial charge in [-0.3, -0.25) is 0 Å². The molecule has 66 valence electrons. The Morgan fingerprint density at radius 1 is 1.36 bits per heavy atom. The molecule has 0 aromatic heterocycles. The SMILES string of the molecule is C=CCC(CO)CC(C)CO. The van der Waals surface area contributed by atoms with Crippen molar-refractivity contribution in [2.75, 3.05) is 13.2 Å². The van der Waals surface area contributed by atoms with E-state index in [9.17, 15) is 0 Å². The molecule has 2 unspecified atom stereocenters. The zero-order valence-corrected chi connectivity index (χ0v) is 7.16. The number of hydrogen-bond acceptors (Lipinski definition) is 2. The standard InChI is InChI=1S/C9H18O2/c1-3-4-9(7-11)5-8(2)6-10/h3,8-11H,1,4-7H2,2H3. The fourth-order valence-corrected chi connectivity index (χ4v) is 1.12. The lowest BCUT2D eigenvalue weighted by Gasteiger charge is -2.15. The molecule has 2 heteroatoms. The molecule has 0 fully saturated rings. The van der Waals surface area contributed by atoms with Crippen LogP contribution in [0.4, 0.5) is 0 Å². The molecule has 0 radical (unpaired) electrons. The summed E-state index contributed by atoms with van der Waals surface area (Å²) in [6.07, 6.45) is 3.52. The van der Waals surface area contributed by atoms with Crippen LogP contribution in [0.25, 0.3) is 0 Å². The number of aliphatic hydroxyl groups is 2. The van der Waals surface area contributed by atoms with E-state index >= 15 is 0 Å². The van der Waals surface area contributed by atoms with Crippen molar-refractivity contribution < 1.29 is 10.2 Å². The summed E-state index contributed by atoms with van der Waals surface area (Å²) in [5.74, 6) is 0.557. The van der Waals surface area contributed by atoms with Crippen molar-refractivity contribution in [1.29, 1.82) is 0 Å². The smallest absolute Gasteiger partial charge is 0.0462 e. The Labute approximate surface area is 68.6 Å². The van der Waals surface area contributed by atoms with E-state index in [-0.39, 0.29) is 25.0 Å². The molecule has 0 aliphatic heterocycles. The molecule has 0 aliphatic carbocycles. The highest BCUT2D eigenvalue weighted by atomic mass is 16.3. The van der Waals surface area contributed by atoms with Gasteiger partial charge in [0, 0.05) is 13.2 Å². The van der Waals surface area contributed by atoms with Crippen molar-refractivity contribution in [1.82, 2.24) is 0 Å².